The van der Waals surface area contributed by atoms with Crippen LogP contribution >= 0.6 is 11.3 Å². The number of fused-ring (bicyclic) bond motifs is 1. The van der Waals surface area contributed by atoms with Gasteiger partial charge in [0.05, 0.1) is 5.69 Å². The van der Waals surface area contributed by atoms with Gasteiger partial charge in [-0.1, -0.05) is 26.8 Å². The number of nitrogens with zero attached hydrogens (tertiary/aromatic N) is 2. The molecule has 2 heterocycles. The molecule has 22 heavy (non-hydrogen) atoms. The summed E-state index contributed by atoms with van der Waals surface area (Å²) in [5.74, 6) is -0.408. The van der Waals surface area contributed by atoms with Gasteiger partial charge in [0.2, 0.25) is 5.91 Å². The number of aromatic nitrogens is 2. The van der Waals surface area contributed by atoms with Crippen LogP contribution < -0.4 is 5.73 Å². The first-order valence-corrected chi connectivity index (χ1v) is 8.00. The fourth-order valence-corrected chi connectivity index (χ4v) is 3.52. The molecular weight excluding hydrogens is 294 g/mol. The molecule has 5 heteroatoms. The van der Waals surface area contributed by atoms with E-state index in [1.807, 2.05) is 23.7 Å². The van der Waals surface area contributed by atoms with E-state index in [0.717, 1.165) is 27.2 Å². The third-order valence-electron chi connectivity index (χ3n) is 3.78. The second-order valence-electron chi connectivity index (χ2n) is 6.54. The monoisotopic (exact) mass is 313 g/mol. The molecule has 0 radical (unpaired) electrons. The van der Waals surface area contributed by atoms with Crippen molar-refractivity contribution in [2.24, 2.45) is 12.8 Å². The molecule has 0 fully saturated rings. The Balaban J connectivity index is 2.16. The molecule has 0 unspecified atom stereocenters. The molecule has 114 valence electrons. The topological polar surface area (TPSA) is 60.9 Å². The standard InChI is InChI=1S/C17H19N3OS/c1-17(2,3)14-9-22-16(19-14)12-8-20(4)13-7-10(15(18)21)5-6-11(12)13/h5-9H,1-4H3,(H2,18,21). The minimum atomic E-state index is -0.408. The van der Waals surface area contributed by atoms with Gasteiger partial charge < -0.3 is 10.3 Å². The number of rotatable bonds is 2. The van der Waals surface area contributed by atoms with Crippen molar-refractivity contribution in [1.29, 1.82) is 0 Å². The van der Waals surface area contributed by atoms with Crippen molar-refractivity contribution < 1.29 is 4.79 Å². The van der Waals surface area contributed by atoms with Crippen LogP contribution in [-0.2, 0) is 12.5 Å². The van der Waals surface area contributed by atoms with Crippen LogP contribution in [0.2, 0.25) is 0 Å². The van der Waals surface area contributed by atoms with E-state index in [2.05, 4.69) is 32.3 Å². The largest absolute Gasteiger partial charge is 0.366 e. The summed E-state index contributed by atoms with van der Waals surface area (Å²) in [4.78, 5) is 16.1. The lowest BCUT2D eigenvalue weighted by molar-refractivity contribution is 0.100. The van der Waals surface area contributed by atoms with E-state index < -0.39 is 5.91 Å². The number of benzene rings is 1. The van der Waals surface area contributed by atoms with Crippen molar-refractivity contribution in [2.45, 2.75) is 26.2 Å². The van der Waals surface area contributed by atoms with Gasteiger partial charge in [0.15, 0.2) is 0 Å². The second-order valence-corrected chi connectivity index (χ2v) is 7.40. The zero-order valence-electron chi connectivity index (χ0n) is 13.2. The van der Waals surface area contributed by atoms with Crippen molar-refractivity contribution in [2.75, 3.05) is 0 Å². The predicted octanol–water partition coefficient (Wildman–Crippen LogP) is 3.70. The van der Waals surface area contributed by atoms with Gasteiger partial charge in [-0.3, -0.25) is 4.79 Å². The van der Waals surface area contributed by atoms with Gasteiger partial charge in [0.25, 0.3) is 0 Å². The molecule has 0 saturated heterocycles. The zero-order chi connectivity index (χ0) is 16.1. The Bertz CT molecular complexity index is 868. The number of hydrogen-bond acceptors (Lipinski definition) is 3. The Morgan fingerprint density at radius 3 is 2.64 bits per heavy atom. The summed E-state index contributed by atoms with van der Waals surface area (Å²) in [5, 5.41) is 4.20. The summed E-state index contributed by atoms with van der Waals surface area (Å²) >= 11 is 1.65. The van der Waals surface area contributed by atoms with Crippen LogP contribution in [0.4, 0.5) is 0 Å². The van der Waals surface area contributed by atoms with E-state index in [9.17, 15) is 4.79 Å². The summed E-state index contributed by atoms with van der Waals surface area (Å²) in [6, 6.07) is 5.55. The van der Waals surface area contributed by atoms with Gasteiger partial charge >= 0.3 is 0 Å². The second kappa shape index (κ2) is 4.95. The van der Waals surface area contributed by atoms with Gasteiger partial charge in [-0.2, -0.15) is 0 Å². The molecule has 3 rings (SSSR count). The lowest BCUT2D eigenvalue weighted by Crippen LogP contribution is -2.11. The average molecular weight is 313 g/mol. The first-order valence-electron chi connectivity index (χ1n) is 7.12. The Morgan fingerprint density at radius 1 is 1.32 bits per heavy atom. The van der Waals surface area contributed by atoms with Crippen LogP contribution in [0.5, 0.6) is 0 Å². The number of carbonyl (C=O) groups excluding carboxylic acids is 1. The molecule has 0 spiro atoms. The van der Waals surface area contributed by atoms with Gasteiger partial charge in [-0.15, -0.1) is 11.3 Å². The van der Waals surface area contributed by atoms with E-state index in [0.29, 0.717) is 5.56 Å². The van der Waals surface area contributed by atoms with Gasteiger partial charge in [0.1, 0.15) is 5.01 Å². The van der Waals surface area contributed by atoms with Crippen LogP contribution in [0.25, 0.3) is 21.5 Å². The van der Waals surface area contributed by atoms with Crippen molar-refractivity contribution in [3.8, 4) is 10.6 Å². The van der Waals surface area contributed by atoms with E-state index in [1.54, 1.807) is 17.4 Å². The molecule has 0 aliphatic carbocycles. The molecule has 1 amide bonds. The molecule has 0 aliphatic heterocycles. The number of aryl methyl sites for hydroxylation is 1. The normalized spacial score (nSPS) is 12.0. The Labute approximate surface area is 133 Å². The molecule has 0 atom stereocenters. The molecule has 3 aromatic rings. The average Bonchev–Trinajstić information content (AvgIpc) is 3.03. The summed E-state index contributed by atoms with van der Waals surface area (Å²) in [6.07, 6.45) is 2.06. The van der Waals surface area contributed by atoms with Gasteiger partial charge in [-0.05, 0) is 12.1 Å². The molecular formula is C17H19N3OS. The minimum Gasteiger partial charge on any atom is -0.366 e. The van der Waals surface area contributed by atoms with E-state index in [-0.39, 0.29) is 5.41 Å². The van der Waals surface area contributed by atoms with E-state index in [1.165, 1.54) is 0 Å². The molecule has 4 nitrogen and oxygen atoms in total. The van der Waals surface area contributed by atoms with Crippen LogP contribution in [-0.4, -0.2) is 15.5 Å². The van der Waals surface area contributed by atoms with Crippen LogP contribution in [0.1, 0.15) is 36.8 Å². The highest BCUT2D eigenvalue weighted by molar-refractivity contribution is 7.13. The lowest BCUT2D eigenvalue weighted by atomic mass is 9.93. The Hall–Kier alpha value is -2.14. The zero-order valence-corrected chi connectivity index (χ0v) is 14.0. The van der Waals surface area contributed by atoms with Crippen molar-refractivity contribution >= 4 is 28.1 Å². The summed E-state index contributed by atoms with van der Waals surface area (Å²) in [6.45, 7) is 6.48. The van der Waals surface area contributed by atoms with Crippen molar-refractivity contribution in [3.05, 3.63) is 41.0 Å². The highest BCUT2D eigenvalue weighted by atomic mass is 32.1. The highest BCUT2D eigenvalue weighted by Crippen LogP contribution is 2.35. The van der Waals surface area contributed by atoms with Gasteiger partial charge in [0, 0.05) is 46.1 Å². The summed E-state index contributed by atoms with van der Waals surface area (Å²) in [7, 11) is 1.97. The third-order valence-corrected chi connectivity index (χ3v) is 4.65. The third kappa shape index (κ3) is 2.41. The van der Waals surface area contributed by atoms with Crippen LogP contribution in [0.3, 0.4) is 0 Å². The van der Waals surface area contributed by atoms with E-state index >= 15 is 0 Å². The summed E-state index contributed by atoms with van der Waals surface area (Å²) in [5.41, 5.74) is 9.10. The maximum absolute atomic E-state index is 11.3. The SMILES string of the molecule is Cn1cc(-c2nc(C(C)(C)C)cs2)c2ccc(C(N)=O)cc21. The highest BCUT2D eigenvalue weighted by Gasteiger charge is 2.19. The number of nitrogens with two attached hydrogens (primary N) is 1. The Kier molecular flexibility index (Phi) is 3.33. The predicted molar refractivity (Wildman–Crippen MR) is 91.2 cm³/mol. The first-order chi connectivity index (χ1) is 10.3. The fraction of sp³-hybridized carbons (Fsp3) is 0.294. The molecule has 2 aromatic heterocycles. The number of carbonyl (C=O) groups is 1. The minimum absolute atomic E-state index is 0.0402. The number of thiazole rings is 1. The molecule has 0 bridgehead atoms. The first kappa shape index (κ1) is 14.8. The van der Waals surface area contributed by atoms with Gasteiger partial charge in [-0.25, -0.2) is 4.98 Å². The fourth-order valence-electron chi connectivity index (χ4n) is 2.45. The molecule has 0 saturated carbocycles. The number of primary amides is 1. The Morgan fingerprint density at radius 2 is 2.05 bits per heavy atom. The lowest BCUT2D eigenvalue weighted by Gasteiger charge is -2.14. The maximum Gasteiger partial charge on any atom is 0.248 e. The molecule has 2 N–H and O–H groups in total. The quantitative estimate of drug-likeness (QED) is 0.784. The maximum atomic E-state index is 11.3. The van der Waals surface area contributed by atoms with Crippen LogP contribution in [0.15, 0.2) is 29.8 Å². The van der Waals surface area contributed by atoms with Crippen LogP contribution in [0, 0.1) is 0 Å². The summed E-state index contributed by atoms with van der Waals surface area (Å²) < 4.78 is 2.01. The van der Waals surface area contributed by atoms with E-state index in [4.69, 9.17) is 10.7 Å². The van der Waals surface area contributed by atoms with Crippen molar-refractivity contribution in [1.82, 2.24) is 9.55 Å². The number of hydrogen-bond donors (Lipinski definition) is 1. The van der Waals surface area contributed by atoms with Crippen molar-refractivity contribution in [3.63, 3.8) is 0 Å². The molecule has 0 aliphatic rings. The molecule has 1 aromatic carbocycles. The smallest absolute Gasteiger partial charge is 0.248 e. The number of amides is 1.